The van der Waals surface area contributed by atoms with Crippen LogP contribution in [-0.2, 0) is 0 Å². The fraction of sp³-hybridized carbons (Fsp3) is 0.0714. The van der Waals surface area contributed by atoms with E-state index in [2.05, 4.69) is 31.9 Å². The molecule has 1 heterocycles. The summed E-state index contributed by atoms with van der Waals surface area (Å²) in [6, 6.07) is 12.9. The molecule has 1 aliphatic rings. The van der Waals surface area contributed by atoms with Crippen LogP contribution in [0.25, 0.3) is 0 Å². The lowest BCUT2D eigenvalue weighted by Crippen LogP contribution is -2.31. The van der Waals surface area contributed by atoms with E-state index < -0.39 is 5.91 Å². The van der Waals surface area contributed by atoms with E-state index in [9.17, 15) is 4.79 Å². The lowest BCUT2D eigenvalue weighted by atomic mass is 10.1. The van der Waals surface area contributed by atoms with Crippen molar-refractivity contribution in [2.24, 2.45) is 0 Å². The number of carbonyl (C=O) groups is 1. The van der Waals surface area contributed by atoms with Crippen molar-refractivity contribution in [3.05, 3.63) is 52.5 Å². The smallest absolute Gasteiger partial charge is 0.274 e. The van der Waals surface area contributed by atoms with Crippen LogP contribution in [0.15, 0.2) is 46.9 Å². The van der Waals surface area contributed by atoms with E-state index in [-0.39, 0.29) is 6.29 Å². The van der Waals surface area contributed by atoms with Gasteiger partial charge in [-0.1, -0.05) is 15.9 Å². The minimum Gasteiger partial charge on any atom is -0.348 e. The second-order valence-corrected chi connectivity index (χ2v) is 5.49. The topological polar surface area (TPSA) is 85.4 Å². The third kappa shape index (κ3) is 2.93. The lowest BCUT2D eigenvalue weighted by Gasteiger charge is -2.15. The number of carbonyl (C=O) groups excluding carboxylic acids is 1. The number of fused-ring (bicyclic) bond motifs is 1. The molecule has 1 amide bonds. The van der Waals surface area contributed by atoms with E-state index in [1.807, 2.05) is 24.3 Å². The van der Waals surface area contributed by atoms with Crippen molar-refractivity contribution in [3.63, 3.8) is 0 Å². The Bertz CT molecular complexity index is 675. The highest BCUT2D eigenvalue weighted by Gasteiger charge is 2.20. The summed E-state index contributed by atoms with van der Waals surface area (Å²) < 4.78 is 1.02. The molecule has 108 valence electrons. The second-order valence-electron chi connectivity index (χ2n) is 4.57. The van der Waals surface area contributed by atoms with Crippen molar-refractivity contribution >= 4 is 38.9 Å². The molecular formula is C14H13BrN4O2. The van der Waals surface area contributed by atoms with Gasteiger partial charge in [-0.25, -0.2) is 5.48 Å². The predicted octanol–water partition coefficient (Wildman–Crippen LogP) is 2.80. The molecule has 6 nitrogen and oxygen atoms in total. The first kappa shape index (κ1) is 13.7. The fourth-order valence-corrected chi connectivity index (χ4v) is 2.39. The molecule has 0 bridgehead atoms. The van der Waals surface area contributed by atoms with Crippen LogP contribution in [0.3, 0.4) is 0 Å². The largest absolute Gasteiger partial charge is 0.348 e. The summed E-state index contributed by atoms with van der Waals surface area (Å²) in [7, 11) is 0. The third-order valence-electron chi connectivity index (χ3n) is 3.14. The van der Waals surface area contributed by atoms with Crippen LogP contribution in [0, 0.1) is 0 Å². The first-order chi connectivity index (χ1) is 10.2. The van der Waals surface area contributed by atoms with Crippen molar-refractivity contribution < 1.29 is 10.0 Å². The van der Waals surface area contributed by atoms with Crippen molar-refractivity contribution in [1.29, 1.82) is 0 Å². The molecule has 0 saturated carbocycles. The average molecular weight is 349 g/mol. The molecule has 3 rings (SSSR count). The zero-order valence-corrected chi connectivity index (χ0v) is 12.4. The van der Waals surface area contributed by atoms with Gasteiger partial charge in [0.05, 0.1) is 11.4 Å². The number of rotatable bonds is 3. The van der Waals surface area contributed by atoms with E-state index in [1.165, 1.54) is 0 Å². The molecule has 1 atom stereocenters. The summed E-state index contributed by atoms with van der Waals surface area (Å²) >= 11 is 3.39. The number of benzene rings is 2. The summed E-state index contributed by atoms with van der Waals surface area (Å²) in [6.45, 7) is 0. The van der Waals surface area contributed by atoms with Crippen LogP contribution < -0.4 is 21.4 Å². The van der Waals surface area contributed by atoms with Gasteiger partial charge in [0.15, 0.2) is 6.29 Å². The van der Waals surface area contributed by atoms with Gasteiger partial charge in [0.1, 0.15) is 0 Å². The highest BCUT2D eigenvalue weighted by molar-refractivity contribution is 9.10. The van der Waals surface area contributed by atoms with Gasteiger partial charge in [-0.3, -0.25) is 10.0 Å². The fourth-order valence-electron chi connectivity index (χ4n) is 2.13. The SMILES string of the molecule is O=C(NO)c1ccc2c(c1)NC(Nc1ccc(Br)cc1)N2. The predicted molar refractivity (Wildman–Crippen MR) is 84.5 cm³/mol. The monoisotopic (exact) mass is 348 g/mol. The first-order valence-electron chi connectivity index (χ1n) is 6.29. The average Bonchev–Trinajstić information content (AvgIpc) is 2.90. The molecule has 1 unspecified atom stereocenters. The number of nitrogens with one attached hydrogen (secondary N) is 4. The highest BCUT2D eigenvalue weighted by Crippen LogP contribution is 2.30. The van der Waals surface area contributed by atoms with E-state index in [0.717, 1.165) is 21.5 Å². The molecule has 0 saturated heterocycles. The summed E-state index contributed by atoms with van der Waals surface area (Å²) in [5, 5.41) is 18.4. The molecule has 1 aliphatic heterocycles. The van der Waals surface area contributed by atoms with Crippen LogP contribution in [0.5, 0.6) is 0 Å². The molecule has 21 heavy (non-hydrogen) atoms. The van der Waals surface area contributed by atoms with Gasteiger partial charge in [0.2, 0.25) is 0 Å². The highest BCUT2D eigenvalue weighted by atomic mass is 79.9. The molecule has 0 aliphatic carbocycles. The van der Waals surface area contributed by atoms with Gasteiger partial charge in [-0.05, 0) is 42.5 Å². The van der Waals surface area contributed by atoms with E-state index in [1.54, 1.807) is 23.7 Å². The van der Waals surface area contributed by atoms with Gasteiger partial charge in [0.25, 0.3) is 5.91 Å². The third-order valence-corrected chi connectivity index (χ3v) is 3.67. The maximum Gasteiger partial charge on any atom is 0.274 e. The Morgan fingerprint density at radius 1 is 1.10 bits per heavy atom. The molecule has 0 spiro atoms. The number of anilines is 3. The van der Waals surface area contributed by atoms with Crippen LogP contribution in [0.2, 0.25) is 0 Å². The Balaban J connectivity index is 1.72. The van der Waals surface area contributed by atoms with Crippen molar-refractivity contribution in [2.75, 3.05) is 16.0 Å². The Morgan fingerprint density at radius 2 is 1.81 bits per heavy atom. The molecule has 5 N–H and O–H groups in total. The lowest BCUT2D eigenvalue weighted by molar-refractivity contribution is 0.0706. The van der Waals surface area contributed by atoms with Crippen LogP contribution >= 0.6 is 15.9 Å². The zero-order valence-electron chi connectivity index (χ0n) is 10.9. The summed E-state index contributed by atoms with van der Waals surface area (Å²) in [5.41, 5.74) is 4.65. The molecule has 2 aromatic rings. The molecule has 0 aromatic heterocycles. The number of amides is 1. The second kappa shape index (κ2) is 5.63. The molecule has 0 radical (unpaired) electrons. The van der Waals surface area contributed by atoms with Crippen molar-refractivity contribution in [1.82, 2.24) is 5.48 Å². The van der Waals surface area contributed by atoms with Crippen LogP contribution in [-0.4, -0.2) is 17.4 Å². The molecule has 0 fully saturated rings. The number of hydroxylamine groups is 1. The zero-order chi connectivity index (χ0) is 14.8. The van der Waals surface area contributed by atoms with Gasteiger partial charge in [-0.2, -0.15) is 0 Å². The summed E-state index contributed by atoms with van der Waals surface area (Å²) in [6.07, 6.45) is -0.173. The molecular weight excluding hydrogens is 336 g/mol. The van der Waals surface area contributed by atoms with Gasteiger partial charge < -0.3 is 16.0 Å². The van der Waals surface area contributed by atoms with Crippen LogP contribution in [0.1, 0.15) is 10.4 Å². The number of halogens is 1. The molecule has 2 aromatic carbocycles. The Labute approximate surface area is 129 Å². The Hall–Kier alpha value is -2.25. The quantitative estimate of drug-likeness (QED) is 0.435. The normalized spacial score (nSPS) is 15.6. The summed E-state index contributed by atoms with van der Waals surface area (Å²) in [4.78, 5) is 11.4. The minimum atomic E-state index is -0.538. The van der Waals surface area contributed by atoms with Crippen LogP contribution in [0.4, 0.5) is 17.1 Å². The molecule has 7 heteroatoms. The van der Waals surface area contributed by atoms with Crippen molar-refractivity contribution in [3.8, 4) is 0 Å². The Kier molecular flexibility index (Phi) is 3.68. The van der Waals surface area contributed by atoms with Crippen molar-refractivity contribution in [2.45, 2.75) is 6.29 Å². The standard InChI is InChI=1S/C14H13BrN4O2/c15-9-2-4-10(5-3-9)16-14-17-11-6-1-8(13(20)19-21)7-12(11)18-14/h1-7,14,16-18,21H,(H,19,20). The van der Waals surface area contributed by atoms with Gasteiger partial charge >= 0.3 is 0 Å². The first-order valence-corrected chi connectivity index (χ1v) is 7.09. The van der Waals surface area contributed by atoms with Gasteiger partial charge in [0, 0.05) is 15.7 Å². The summed E-state index contributed by atoms with van der Waals surface area (Å²) in [5.74, 6) is -0.538. The Morgan fingerprint density at radius 3 is 2.52 bits per heavy atom. The van der Waals surface area contributed by atoms with Gasteiger partial charge in [-0.15, -0.1) is 0 Å². The van der Waals surface area contributed by atoms with E-state index in [0.29, 0.717) is 5.56 Å². The minimum absolute atomic E-state index is 0.173. The number of hydrogen-bond donors (Lipinski definition) is 5. The maximum absolute atomic E-state index is 11.4. The van der Waals surface area contributed by atoms with E-state index in [4.69, 9.17) is 5.21 Å². The number of hydrogen-bond acceptors (Lipinski definition) is 5. The van der Waals surface area contributed by atoms with E-state index >= 15 is 0 Å². The maximum atomic E-state index is 11.4.